The van der Waals surface area contributed by atoms with Gasteiger partial charge < -0.3 is 14.5 Å². The summed E-state index contributed by atoms with van der Waals surface area (Å²) < 4.78 is 39.2. The number of anilines is 2. The fourth-order valence-corrected chi connectivity index (χ4v) is 4.92. The zero-order valence-corrected chi connectivity index (χ0v) is 19.5. The maximum atomic E-state index is 12.8. The van der Waals surface area contributed by atoms with Crippen LogP contribution < -0.4 is 10.0 Å². The molecule has 2 heterocycles. The van der Waals surface area contributed by atoms with Crippen LogP contribution in [0.2, 0.25) is 0 Å². The molecule has 11 heteroatoms. The van der Waals surface area contributed by atoms with Crippen LogP contribution in [-0.2, 0) is 14.8 Å². The molecule has 0 amide bonds. The smallest absolute Gasteiger partial charge is 0.293 e. The number of hydrogen-bond donors (Lipinski definition) is 2. The molecule has 1 aromatic heterocycles. The third kappa shape index (κ3) is 5.56. The second-order valence-electron chi connectivity index (χ2n) is 7.90. The summed E-state index contributed by atoms with van der Waals surface area (Å²) in [5.74, 6) is 1.53. The largest absolute Gasteiger partial charge is 0.465 e. The molecule has 10 nitrogen and oxygen atoms in total. The van der Waals surface area contributed by atoms with Crippen molar-refractivity contribution >= 4 is 27.1 Å². The first-order valence-electron chi connectivity index (χ1n) is 10.8. The summed E-state index contributed by atoms with van der Waals surface area (Å²) in [6.07, 6.45) is 0. The Balaban J connectivity index is 1.56. The van der Waals surface area contributed by atoms with Crippen molar-refractivity contribution in [3.05, 3.63) is 82.3 Å². The van der Waals surface area contributed by atoms with E-state index in [4.69, 9.17) is 9.15 Å². The van der Waals surface area contributed by atoms with E-state index in [1.807, 2.05) is 19.1 Å². The van der Waals surface area contributed by atoms with E-state index in [0.29, 0.717) is 38.5 Å². The molecule has 4 rings (SSSR count). The van der Waals surface area contributed by atoms with Gasteiger partial charge in [0.05, 0.1) is 29.1 Å². The van der Waals surface area contributed by atoms with Crippen LogP contribution >= 0.6 is 0 Å². The van der Waals surface area contributed by atoms with Gasteiger partial charge in [0.1, 0.15) is 17.2 Å². The number of aryl methyl sites for hydroxylation is 1. The summed E-state index contributed by atoms with van der Waals surface area (Å²) in [5, 5.41) is 14.9. The lowest BCUT2D eigenvalue weighted by Crippen LogP contribution is -2.41. The van der Waals surface area contributed by atoms with Crippen molar-refractivity contribution in [2.24, 2.45) is 0 Å². The molecule has 1 saturated heterocycles. The second-order valence-corrected chi connectivity index (χ2v) is 9.58. The molecule has 180 valence electrons. The summed E-state index contributed by atoms with van der Waals surface area (Å²) in [5.41, 5.74) is 0.270. The average Bonchev–Trinajstić information content (AvgIpc) is 3.26. The number of rotatable bonds is 9. The number of nitro benzene ring substituents is 1. The van der Waals surface area contributed by atoms with Gasteiger partial charge in [-0.1, -0.05) is 18.2 Å². The quantitative estimate of drug-likeness (QED) is 0.346. The summed E-state index contributed by atoms with van der Waals surface area (Å²) in [6, 6.07) is 15.8. The topological polar surface area (TPSA) is 127 Å². The maximum Gasteiger partial charge on any atom is 0.293 e. The summed E-state index contributed by atoms with van der Waals surface area (Å²) in [4.78, 5) is 13.2. The van der Waals surface area contributed by atoms with Gasteiger partial charge in [-0.05, 0) is 43.3 Å². The number of hydrogen-bond acceptors (Lipinski definition) is 8. The molecule has 0 saturated carbocycles. The van der Waals surface area contributed by atoms with Crippen molar-refractivity contribution < 1.29 is 22.5 Å². The van der Waals surface area contributed by atoms with Crippen molar-refractivity contribution in [2.75, 3.05) is 42.9 Å². The zero-order valence-electron chi connectivity index (χ0n) is 18.6. The van der Waals surface area contributed by atoms with Crippen molar-refractivity contribution in [1.82, 2.24) is 4.90 Å². The first-order chi connectivity index (χ1) is 16.3. The molecule has 0 spiro atoms. The van der Waals surface area contributed by atoms with Gasteiger partial charge in [-0.3, -0.25) is 19.7 Å². The fraction of sp³-hybridized carbons (Fsp3) is 0.304. The summed E-state index contributed by atoms with van der Waals surface area (Å²) in [7, 11) is -3.99. The number of furan rings is 1. The lowest BCUT2D eigenvalue weighted by Gasteiger charge is -2.33. The Labute approximate surface area is 197 Å². The van der Waals surface area contributed by atoms with E-state index in [2.05, 4.69) is 14.9 Å². The number of para-hydroxylation sites is 1. The van der Waals surface area contributed by atoms with Crippen LogP contribution in [0.5, 0.6) is 0 Å². The standard InChI is InChI=1S/C23H26N4O6S/c1-17-7-10-23(33-17)22(26-11-13-32-14-12-26)16-24-20-9-8-19(15-21(20)27(28)29)34(30,31)25-18-5-3-2-4-6-18/h2-10,15,22,24-25H,11-14,16H2,1H3. The lowest BCUT2D eigenvalue weighted by molar-refractivity contribution is -0.384. The number of nitrogens with zero attached hydrogens (tertiary/aromatic N) is 2. The fourth-order valence-electron chi connectivity index (χ4n) is 3.84. The molecule has 1 fully saturated rings. The summed E-state index contributed by atoms with van der Waals surface area (Å²) >= 11 is 0. The Morgan fingerprint density at radius 3 is 2.47 bits per heavy atom. The van der Waals surface area contributed by atoms with E-state index in [9.17, 15) is 18.5 Å². The lowest BCUT2D eigenvalue weighted by atomic mass is 10.1. The highest BCUT2D eigenvalue weighted by Gasteiger charge is 2.27. The van der Waals surface area contributed by atoms with E-state index in [1.54, 1.807) is 30.3 Å². The normalized spacial score (nSPS) is 15.6. The molecule has 1 unspecified atom stereocenters. The van der Waals surface area contributed by atoms with E-state index >= 15 is 0 Å². The number of nitro groups is 1. The van der Waals surface area contributed by atoms with Crippen LogP contribution in [0, 0.1) is 17.0 Å². The Hall–Kier alpha value is -3.41. The van der Waals surface area contributed by atoms with Gasteiger partial charge in [-0.15, -0.1) is 0 Å². The molecule has 1 aliphatic heterocycles. The van der Waals surface area contributed by atoms with Crippen LogP contribution in [0.15, 0.2) is 70.0 Å². The van der Waals surface area contributed by atoms with Crippen LogP contribution in [0.25, 0.3) is 0 Å². The van der Waals surface area contributed by atoms with Crippen molar-refractivity contribution in [2.45, 2.75) is 17.9 Å². The number of ether oxygens (including phenoxy) is 1. The molecule has 0 bridgehead atoms. The van der Waals surface area contributed by atoms with Gasteiger partial charge >= 0.3 is 0 Å². The highest BCUT2D eigenvalue weighted by Crippen LogP contribution is 2.31. The molecule has 1 atom stereocenters. The first-order valence-corrected chi connectivity index (χ1v) is 12.3. The number of nitrogens with one attached hydrogen (secondary N) is 2. The van der Waals surface area contributed by atoms with Crippen molar-refractivity contribution in [3.8, 4) is 0 Å². The molecule has 2 N–H and O–H groups in total. The monoisotopic (exact) mass is 486 g/mol. The predicted octanol–water partition coefficient (Wildman–Crippen LogP) is 3.78. The highest BCUT2D eigenvalue weighted by molar-refractivity contribution is 7.92. The van der Waals surface area contributed by atoms with Gasteiger partial charge in [0.2, 0.25) is 0 Å². The number of sulfonamides is 1. The molecular weight excluding hydrogens is 460 g/mol. The molecule has 2 aromatic carbocycles. The Morgan fingerprint density at radius 1 is 1.09 bits per heavy atom. The molecule has 0 aliphatic carbocycles. The van der Waals surface area contributed by atoms with E-state index in [1.165, 1.54) is 12.1 Å². The molecule has 1 aliphatic rings. The third-order valence-electron chi connectivity index (χ3n) is 5.56. The van der Waals surface area contributed by atoms with E-state index in [-0.39, 0.29) is 22.3 Å². The Bertz CT molecular complexity index is 1240. The maximum absolute atomic E-state index is 12.8. The minimum Gasteiger partial charge on any atom is -0.465 e. The van der Waals surface area contributed by atoms with Crippen LogP contribution in [0.3, 0.4) is 0 Å². The molecule has 34 heavy (non-hydrogen) atoms. The summed E-state index contributed by atoms with van der Waals surface area (Å²) in [6.45, 7) is 4.80. The van der Waals surface area contributed by atoms with Gasteiger partial charge in [0.25, 0.3) is 15.7 Å². The van der Waals surface area contributed by atoms with Gasteiger partial charge in [-0.25, -0.2) is 8.42 Å². The SMILES string of the molecule is Cc1ccc(C(CNc2ccc(S(=O)(=O)Nc3ccccc3)cc2[N+](=O)[O-])N2CCOCC2)o1. The second kappa shape index (κ2) is 10.2. The van der Waals surface area contributed by atoms with Gasteiger partial charge in [-0.2, -0.15) is 0 Å². The number of benzene rings is 2. The predicted molar refractivity (Wildman–Crippen MR) is 127 cm³/mol. The minimum atomic E-state index is -3.99. The molecular formula is C23H26N4O6S. The van der Waals surface area contributed by atoms with E-state index < -0.39 is 14.9 Å². The van der Waals surface area contributed by atoms with Crippen LogP contribution in [0.4, 0.5) is 17.1 Å². The number of morpholine rings is 1. The first kappa shape index (κ1) is 23.7. The molecule has 3 aromatic rings. The third-order valence-corrected chi connectivity index (χ3v) is 6.94. The average molecular weight is 487 g/mol. The van der Waals surface area contributed by atoms with Crippen molar-refractivity contribution in [1.29, 1.82) is 0 Å². The van der Waals surface area contributed by atoms with Gasteiger partial charge in [0.15, 0.2) is 0 Å². The molecule has 0 radical (unpaired) electrons. The van der Waals surface area contributed by atoms with Crippen LogP contribution in [0.1, 0.15) is 17.6 Å². The Morgan fingerprint density at radius 2 is 1.82 bits per heavy atom. The minimum absolute atomic E-state index is 0.166. The van der Waals surface area contributed by atoms with Gasteiger partial charge in [0, 0.05) is 31.4 Å². The zero-order chi connectivity index (χ0) is 24.1. The van der Waals surface area contributed by atoms with Crippen LogP contribution in [-0.4, -0.2) is 51.1 Å². The van der Waals surface area contributed by atoms with Crippen molar-refractivity contribution in [3.63, 3.8) is 0 Å². The highest BCUT2D eigenvalue weighted by atomic mass is 32.2. The van der Waals surface area contributed by atoms with E-state index in [0.717, 1.165) is 17.6 Å². The Kier molecular flexibility index (Phi) is 7.15.